The molecule has 0 bridgehead atoms. The standard InChI is InChI=1S/C6H11NO3/c1-5(2)7(4-8)3-6(9)10/h4-5H,3H2,1-2H3,(H,9,10). The van der Waals surface area contributed by atoms with Gasteiger partial charge in [-0.05, 0) is 13.8 Å². The van der Waals surface area contributed by atoms with E-state index in [0.717, 1.165) is 0 Å². The van der Waals surface area contributed by atoms with Crippen LogP contribution in [0.4, 0.5) is 0 Å². The normalized spacial score (nSPS) is 9.50. The number of carboxylic acid groups (broad SMARTS) is 1. The lowest BCUT2D eigenvalue weighted by Gasteiger charge is -2.18. The average Bonchev–Trinajstić information content (AvgIpc) is 1.81. The summed E-state index contributed by atoms with van der Waals surface area (Å²) >= 11 is 0. The van der Waals surface area contributed by atoms with Gasteiger partial charge in [-0.2, -0.15) is 0 Å². The first-order valence-corrected chi connectivity index (χ1v) is 3.00. The van der Waals surface area contributed by atoms with Crippen molar-refractivity contribution >= 4 is 12.4 Å². The van der Waals surface area contributed by atoms with Crippen molar-refractivity contribution in [1.29, 1.82) is 0 Å². The molecular formula is C6H11NO3. The molecule has 0 atom stereocenters. The molecule has 0 unspecified atom stereocenters. The Morgan fingerprint density at radius 1 is 1.70 bits per heavy atom. The second kappa shape index (κ2) is 3.87. The molecule has 10 heavy (non-hydrogen) atoms. The van der Waals surface area contributed by atoms with Crippen LogP contribution in [0.15, 0.2) is 0 Å². The third-order valence-corrected chi connectivity index (χ3v) is 1.12. The van der Waals surface area contributed by atoms with Gasteiger partial charge in [-0.1, -0.05) is 0 Å². The van der Waals surface area contributed by atoms with Gasteiger partial charge in [0.2, 0.25) is 6.41 Å². The Kier molecular flexibility index (Phi) is 3.46. The van der Waals surface area contributed by atoms with E-state index in [1.807, 2.05) is 0 Å². The molecule has 0 aromatic carbocycles. The fourth-order valence-corrected chi connectivity index (χ4v) is 0.498. The number of carboxylic acids is 1. The summed E-state index contributed by atoms with van der Waals surface area (Å²) in [5, 5.41) is 8.26. The van der Waals surface area contributed by atoms with Crippen molar-refractivity contribution in [2.45, 2.75) is 19.9 Å². The Bertz CT molecular complexity index is 133. The quantitative estimate of drug-likeness (QED) is 0.564. The highest BCUT2D eigenvalue weighted by Gasteiger charge is 2.09. The summed E-state index contributed by atoms with van der Waals surface area (Å²) in [5.74, 6) is -0.985. The molecule has 1 amide bonds. The van der Waals surface area contributed by atoms with Gasteiger partial charge >= 0.3 is 5.97 Å². The monoisotopic (exact) mass is 145 g/mol. The lowest BCUT2D eigenvalue weighted by Crippen LogP contribution is -2.34. The SMILES string of the molecule is CC(C)N(C=O)CC(=O)O. The van der Waals surface area contributed by atoms with Crippen LogP contribution in [0.1, 0.15) is 13.8 Å². The van der Waals surface area contributed by atoms with Gasteiger partial charge in [-0.15, -0.1) is 0 Å². The summed E-state index contributed by atoms with van der Waals surface area (Å²) in [4.78, 5) is 21.4. The molecule has 0 spiro atoms. The molecule has 0 heterocycles. The lowest BCUT2D eigenvalue weighted by molar-refractivity contribution is -0.141. The summed E-state index contributed by atoms with van der Waals surface area (Å²) in [6.07, 6.45) is 0.540. The molecule has 0 saturated carbocycles. The number of carbonyl (C=O) groups is 2. The van der Waals surface area contributed by atoms with Crippen LogP contribution in [0.25, 0.3) is 0 Å². The Hall–Kier alpha value is -1.06. The summed E-state index contributed by atoms with van der Waals surface area (Å²) in [6.45, 7) is 3.30. The molecule has 0 aliphatic heterocycles. The summed E-state index contributed by atoms with van der Waals surface area (Å²) in [7, 11) is 0. The number of nitrogens with zero attached hydrogens (tertiary/aromatic N) is 1. The van der Waals surface area contributed by atoms with Crippen molar-refractivity contribution in [3.05, 3.63) is 0 Å². The number of aliphatic carboxylic acids is 1. The molecule has 58 valence electrons. The summed E-state index contributed by atoms with van der Waals surface area (Å²) in [6, 6.07) is -0.0476. The van der Waals surface area contributed by atoms with Crippen LogP contribution in [-0.2, 0) is 9.59 Å². The largest absolute Gasteiger partial charge is 0.480 e. The fourth-order valence-electron chi connectivity index (χ4n) is 0.498. The molecule has 4 nitrogen and oxygen atoms in total. The highest BCUT2D eigenvalue weighted by molar-refractivity contribution is 5.72. The van der Waals surface area contributed by atoms with Crippen molar-refractivity contribution in [3.8, 4) is 0 Å². The van der Waals surface area contributed by atoms with Crippen LogP contribution in [0.5, 0.6) is 0 Å². The molecule has 1 N–H and O–H groups in total. The van der Waals surface area contributed by atoms with Crippen molar-refractivity contribution in [1.82, 2.24) is 4.90 Å². The van der Waals surface area contributed by atoms with E-state index >= 15 is 0 Å². The zero-order valence-electron chi connectivity index (χ0n) is 6.07. The molecular weight excluding hydrogens is 134 g/mol. The number of hydrogen-bond donors (Lipinski definition) is 1. The number of carbonyl (C=O) groups excluding carboxylic acids is 1. The van der Waals surface area contributed by atoms with E-state index in [-0.39, 0.29) is 12.6 Å². The van der Waals surface area contributed by atoms with Crippen LogP contribution < -0.4 is 0 Å². The lowest BCUT2D eigenvalue weighted by atomic mass is 10.3. The Morgan fingerprint density at radius 2 is 2.20 bits per heavy atom. The van der Waals surface area contributed by atoms with Gasteiger partial charge in [-0.3, -0.25) is 9.59 Å². The average molecular weight is 145 g/mol. The minimum Gasteiger partial charge on any atom is -0.480 e. The Morgan fingerprint density at radius 3 is 2.30 bits per heavy atom. The second-order valence-corrected chi connectivity index (χ2v) is 2.27. The Balaban J connectivity index is 3.83. The maximum Gasteiger partial charge on any atom is 0.323 e. The third kappa shape index (κ3) is 3.06. The van der Waals surface area contributed by atoms with Crippen LogP contribution in [0.3, 0.4) is 0 Å². The molecule has 0 saturated heterocycles. The van der Waals surface area contributed by atoms with E-state index in [9.17, 15) is 9.59 Å². The molecule has 0 fully saturated rings. The van der Waals surface area contributed by atoms with Gasteiger partial charge in [0.1, 0.15) is 6.54 Å². The first-order chi connectivity index (χ1) is 4.57. The van der Waals surface area contributed by atoms with Gasteiger partial charge in [-0.25, -0.2) is 0 Å². The highest BCUT2D eigenvalue weighted by Crippen LogP contribution is 1.91. The molecule has 0 aromatic rings. The summed E-state index contributed by atoms with van der Waals surface area (Å²) < 4.78 is 0. The highest BCUT2D eigenvalue weighted by atomic mass is 16.4. The van der Waals surface area contributed by atoms with Crippen molar-refractivity contribution < 1.29 is 14.7 Å². The van der Waals surface area contributed by atoms with E-state index in [1.165, 1.54) is 4.90 Å². The zero-order chi connectivity index (χ0) is 8.15. The van der Waals surface area contributed by atoms with Gasteiger partial charge < -0.3 is 10.0 Å². The van der Waals surface area contributed by atoms with Gasteiger partial charge in [0.15, 0.2) is 0 Å². The maximum atomic E-state index is 10.1. The number of hydrogen-bond acceptors (Lipinski definition) is 2. The smallest absolute Gasteiger partial charge is 0.323 e. The maximum absolute atomic E-state index is 10.1. The molecule has 0 aromatic heterocycles. The Labute approximate surface area is 59.4 Å². The first-order valence-electron chi connectivity index (χ1n) is 3.00. The third-order valence-electron chi connectivity index (χ3n) is 1.12. The molecule has 4 heteroatoms. The van der Waals surface area contributed by atoms with Crippen molar-refractivity contribution in [2.24, 2.45) is 0 Å². The topological polar surface area (TPSA) is 57.6 Å². The molecule has 0 radical (unpaired) electrons. The van der Waals surface area contributed by atoms with E-state index in [0.29, 0.717) is 6.41 Å². The van der Waals surface area contributed by atoms with Crippen LogP contribution >= 0.6 is 0 Å². The van der Waals surface area contributed by atoms with Crippen LogP contribution in [0.2, 0.25) is 0 Å². The van der Waals surface area contributed by atoms with Crippen molar-refractivity contribution in [2.75, 3.05) is 6.54 Å². The van der Waals surface area contributed by atoms with Gasteiger partial charge in [0.25, 0.3) is 0 Å². The van der Waals surface area contributed by atoms with Crippen molar-refractivity contribution in [3.63, 3.8) is 0 Å². The summed E-state index contributed by atoms with van der Waals surface area (Å²) in [5.41, 5.74) is 0. The minimum atomic E-state index is -0.985. The first kappa shape index (κ1) is 8.94. The van der Waals surface area contributed by atoms with Crippen LogP contribution in [0, 0.1) is 0 Å². The van der Waals surface area contributed by atoms with Crippen LogP contribution in [-0.4, -0.2) is 35.0 Å². The van der Waals surface area contributed by atoms with Gasteiger partial charge in [0.05, 0.1) is 0 Å². The van der Waals surface area contributed by atoms with E-state index < -0.39 is 5.97 Å². The predicted octanol–water partition coefficient (Wildman–Crippen LogP) is -0.0622. The molecule has 0 aliphatic carbocycles. The van der Waals surface area contributed by atoms with E-state index in [2.05, 4.69) is 0 Å². The van der Waals surface area contributed by atoms with E-state index in [4.69, 9.17) is 5.11 Å². The number of rotatable bonds is 4. The predicted molar refractivity (Wildman–Crippen MR) is 35.5 cm³/mol. The molecule has 0 rings (SSSR count). The minimum absolute atomic E-state index is 0.0476. The molecule has 0 aliphatic rings. The second-order valence-electron chi connectivity index (χ2n) is 2.27. The van der Waals surface area contributed by atoms with Gasteiger partial charge in [0, 0.05) is 6.04 Å². The fraction of sp³-hybridized carbons (Fsp3) is 0.667. The number of amides is 1. The van der Waals surface area contributed by atoms with E-state index in [1.54, 1.807) is 13.8 Å². The zero-order valence-corrected chi connectivity index (χ0v) is 6.07.